The first-order valence-electron chi connectivity index (χ1n) is 8.93. The van der Waals surface area contributed by atoms with Crippen LogP contribution in [0.4, 0.5) is 0 Å². The minimum Gasteiger partial charge on any atom is -0.270 e. The van der Waals surface area contributed by atoms with Crippen LogP contribution in [-0.4, -0.2) is 19.7 Å². The van der Waals surface area contributed by atoms with Gasteiger partial charge >= 0.3 is 0 Å². The summed E-state index contributed by atoms with van der Waals surface area (Å²) in [6.07, 6.45) is 1.79. The molecule has 0 aliphatic heterocycles. The highest BCUT2D eigenvalue weighted by Crippen LogP contribution is 2.30. The van der Waals surface area contributed by atoms with E-state index in [-0.39, 0.29) is 0 Å². The minimum atomic E-state index is 0.498. The van der Waals surface area contributed by atoms with Gasteiger partial charge < -0.3 is 0 Å². The highest BCUT2D eigenvalue weighted by atomic mass is 35.5. The van der Waals surface area contributed by atoms with Crippen molar-refractivity contribution in [3.05, 3.63) is 88.7 Å². The van der Waals surface area contributed by atoms with Crippen molar-refractivity contribution in [2.75, 3.05) is 0 Å². The zero-order valence-electron chi connectivity index (χ0n) is 15.6. The lowest BCUT2D eigenvalue weighted by atomic mass is 10.1. The van der Waals surface area contributed by atoms with Gasteiger partial charge in [0.15, 0.2) is 11.0 Å². The summed E-state index contributed by atoms with van der Waals surface area (Å²) in [6, 6.07) is 20.6. The van der Waals surface area contributed by atoms with Crippen LogP contribution < -0.4 is 0 Å². The van der Waals surface area contributed by atoms with Crippen molar-refractivity contribution in [1.29, 1.82) is 0 Å². The molecule has 2 heterocycles. The number of aromatic nitrogens is 4. The van der Waals surface area contributed by atoms with E-state index < -0.39 is 0 Å². The quantitative estimate of drug-likeness (QED) is 0.306. The fraction of sp³-hybridized carbons (Fsp3) is 0.136. The molecule has 0 saturated carbocycles. The lowest BCUT2D eigenvalue weighted by Crippen LogP contribution is -2.00. The standard InChI is InChI=1S/C22H19ClN4S/c1-15-3-8-18(9-4-15)21-25-26-22(27(21)19-10-5-16(2)6-11-19)28-14-17-7-12-20(23)24-13-17/h3-13H,14H2,1-2H3. The van der Waals surface area contributed by atoms with Gasteiger partial charge in [-0.15, -0.1) is 10.2 Å². The molecule has 28 heavy (non-hydrogen) atoms. The summed E-state index contributed by atoms with van der Waals surface area (Å²) in [5, 5.41) is 10.3. The lowest BCUT2D eigenvalue weighted by Gasteiger charge is -2.11. The van der Waals surface area contributed by atoms with Gasteiger partial charge in [0.05, 0.1) is 0 Å². The number of aryl methyl sites for hydroxylation is 2. The maximum Gasteiger partial charge on any atom is 0.196 e. The molecule has 0 bridgehead atoms. The van der Waals surface area contributed by atoms with E-state index in [2.05, 4.69) is 82.1 Å². The van der Waals surface area contributed by atoms with Crippen molar-refractivity contribution in [3.63, 3.8) is 0 Å². The Morgan fingerprint density at radius 3 is 2.18 bits per heavy atom. The first-order chi connectivity index (χ1) is 13.6. The molecule has 4 nitrogen and oxygen atoms in total. The van der Waals surface area contributed by atoms with Gasteiger partial charge in [0.1, 0.15) is 5.15 Å². The molecule has 0 atom stereocenters. The van der Waals surface area contributed by atoms with Crippen LogP contribution in [0.1, 0.15) is 16.7 Å². The topological polar surface area (TPSA) is 43.6 Å². The van der Waals surface area contributed by atoms with E-state index >= 15 is 0 Å². The second-order valence-electron chi connectivity index (χ2n) is 6.62. The molecular formula is C22H19ClN4S. The van der Waals surface area contributed by atoms with Gasteiger partial charge in [0, 0.05) is 23.2 Å². The minimum absolute atomic E-state index is 0.498. The molecule has 2 aromatic heterocycles. The number of benzene rings is 2. The molecule has 0 amide bonds. The SMILES string of the molecule is Cc1ccc(-c2nnc(SCc3ccc(Cl)nc3)n2-c2ccc(C)cc2)cc1. The van der Waals surface area contributed by atoms with E-state index in [0.29, 0.717) is 5.15 Å². The Kier molecular flexibility index (Phi) is 5.46. The third kappa shape index (κ3) is 4.11. The van der Waals surface area contributed by atoms with Gasteiger partial charge in [-0.05, 0) is 37.6 Å². The molecule has 0 N–H and O–H groups in total. The summed E-state index contributed by atoms with van der Waals surface area (Å²) < 4.78 is 2.11. The molecule has 0 aliphatic carbocycles. The predicted molar refractivity (Wildman–Crippen MR) is 115 cm³/mol. The van der Waals surface area contributed by atoms with Gasteiger partial charge in [-0.3, -0.25) is 4.57 Å². The van der Waals surface area contributed by atoms with E-state index in [1.54, 1.807) is 24.0 Å². The maximum atomic E-state index is 5.88. The molecule has 6 heteroatoms. The average Bonchev–Trinajstić information content (AvgIpc) is 3.13. The number of pyridine rings is 1. The summed E-state index contributed by atoms with van der Waals surface area (Å²) >= 11 is 7.51. The normalized spacial score (nSPS) is 11.0. The highest BCUT2D eigenvalue weighted by molar-refractivity contribution is 7.98. The van der Waals surface area contributed by atoms with Crippen molar-refractivity contribution in [2.45, 2.75) is 24.8 Å². The molecule has 4 aromatic rings. The average molecular weight is 407 g/mol. The third-order valence-corrected chi connectivity index (χ3v) is 5.62. The monoisotopic (exact) mass is 406 g/mol. The van der Waals surface area contributed by atoms with Crippen LogP contribution in [0.15, 0.2) is 72.0 Å². The number of nitrogens with zero attached hydrogens (tertiary/aromatic N) is 4. The van der Waals surface area contributed by atoms with Crippen LogP contribution in [0.3, 0.4) is 0 Å². The van der Waals surface area contributed by atoms with Gasteiger partial charge in [-0.25, -0.2) is 4.98 Å². The van der Waals surface area contributed by atoms with Crippen LogP contribution in [-0.2, 0) is 5.75 Å². The molecule has 0 unspecified atom stereocenters. The summed E-state index contributed by atoms with van der Waals surface area (Å²) in [5.74, 6) is 1.57. The Labute approximate surface area is 173 Å². The maximum absolute atomic E-state index is 5.88. The molecule has 0 aliphatic rings. The Balaban J connectivity index is 1.72. The second-order valence-corrected chi connectivity index (χ2v) is 7.95. The first-order valence-corrected chi connectivity index (χ1v) is 10.3. The fourth-order valence-corrected chi connectivity index (χ4v) is 3.82. The molecule has 2 aromatic carbocycles. The van der Waals surface area contributed by atoms with E-state index in [9.17, 15) is 0 Å². The first kappa shape index (κ1) is 18.7. The fourth-order valence-electron chi connectivity index (χ4n) is 2.82. The predicted octanol–water partition coefficient (Wildman–Crippen LogP) is 5.89. The van der Waals surface area contributed by atoms with Crippen LogP contribution in [0.25, 0.3) is 17.1 Å². The molecular weight excluding hydrogens is 388 g/mol. The molecule has 0 fully saturated rings. The highest BCUT2D eigenvalue weighted by Gasteiger charge is 2.16. The Hall–Kier alpha value is -2.63. The van der Waals surface area contributed by atoms with Gasteiger partial charge in [0.2, 0.25) is 0 Å². The van der Waals surface area contributed by atoms with Crippen molar-refractivity contribution in [3.8, 4) is 17.1 Å². The summed E-state index contributed by atoms with van der Waals surface area (Å²) in [4.78, 5) is 4.15. The third-order valence-electron chi connectivity index (χ3n) is 4.39. The van der Waals surface area contributed by atoms with E-state index in [1.807, 2.05) is 6.07 Å². The lowest BCUT2D eigenvalue weighted by molar-refractivity contribution is 0.885. The van der Waals surface area contributed by atoms with E-state index in [1.165, 1.54) is 11.1 Å². The number of thioether (sulfide) groups is 1. The smallest absolute Gasteiger partial charge is 0.196 e. The number of hydrogen-bond donors (Lipinski definition) is 0. The van der Waals surface area contributed by atoms with Gasteiger partial charge in [-0.1, -0.05) is 77.0 Å². The van der Waals surface area contributed by atoms with Crippen LogP contribution >= 0.6 is 23.4 Å². The summed E-state index contributed by atoms with van der Waals surface area (Å²) in [5.41, 5.74) is 5.61. The van der Waals surface area contributed by atoms with Crippen molar-refractivity contribution >= 4 is 23.4 Å². The van der Waals surface area contributed by atoms with Gasteiger partial charge in [-0.2, -0.15) is 0 Å². The molecule has 140 valence electrons. The molecule has 4 rings (SSSR count). The number of rotatable bonds is 5. The van der Waals surface area contributed by atoms with Crippen molar-refractivity contribution in [2.24, 2.45) is 0 Å². The van der Waals surface area contributed by atoms with Crippen molar-refractivity contribution < 1.29 is 0 Å². The Morgan fingerprint density at radius 1 is 0.857 bits per heavy atom. The van der Waals surface area contributed by atoms with Crippen molar-refractivity contribution in [1.82, 2.24) is 19.7 Å². The zero-order valence-corrected chi connectivity index (χ0v) is 17.2. The van der Waals surface area contributed by atoms with Crippen LogP contribution in [0.2, 0.25) is 5.15 Å². The molecule has 0 spiro atoms. The second kappa shape index (κ2) is 8.17. The Morgan fingerprint density at radius 2 is 1.54 bits per heavy atom. The Bertz CT molecular complexity index is 1070. The van der Waals surface area contributed by atoms with Crippen LogP contribution in [0.5, 0.6) is 0 Å². The number of hydrogen-bond acceptors (Lipinski definition) is 4. The summed E-state index contributed by atoms with van der Waals surface area (Å²) in [6.45, 7) is 4.16. The molecule has 0 saturated heterocycles. The largest absolute Gasteiger partial charge is 0.270 e. The van der Waals surface area contributed by atoms with Gasteiger partial charge in [0.25, 0.3) is 0 Å². The molecule has 0 radical (unpaired) electrons. The van der Waals surface area contributed by atoms with E-state index in [0.717, 1.165) is 33.5 Å². The summed E-state index contributed by atoms with van der Waals surface area (Å²) in [7, 11) is 0. The zero-order chi connectivity index (χ0) is 19.5. The van der Waals surface area contributed by atoms with E-state index in [4.69, 9.17) is 11.6 Å². The number of halogens is 1. The van der Waals surface area contributed by atoms with Crippen LogP contribution in [0, 0.1) is 13.8 Å².